The molecule has 134 valence electrons. The van der Waals surface area contributed by atoms with Crippen LogP contribution < -0.4 is 5.73 Å². The topological polar surface area (TPSA) is 77.0 Å². The fourth-order valence-corrected chi connectivity index (χ4v) is 2.00. The van der Waals surface area contributed by atoms with Crippen molar-refractivity contribution >= 4 is 5.91 Å². The third-order valence-corrected chi connectivity index (χ3v) is 3.18. The highest BCUT2D eigenvalue weighted by Crippen LogP contribution is 2.17. The van der Waals surface area contributed by atoms with Crippen molar-refractivity contribution in [2.75, 3.05) is 6.50 Å². The standard InChI is InChI=1S/C16H18F3N5O/c1-9-21-22-15-8-23(2-3-24(9)15)16(25)6-11(20)4-10-5-13(18)14(19)7-12(10)17/h5,7,11H,2-4,6,8,20H2,1H3/t11-/m1/s1/i2D2,3D2,5D,6D2,7D,8D2. The van der Waals surface area contributed by atoms with Crippen LogP contribution >= 0.6 is 0 Å². The van der Waals surface area contributed by atoms with Crippen molar-refractivity contribution in [1.82, 2.24) is 19.7 Å². The SMILES string of the molecule is [2H]c1c(F)c(F)c([2H])c(C[C@@H](N)C([2H])([2H])C(=O)N2C([2H])([2H])c3nnc(C)n3C([2H])([2H])C2([2H])[2H])c1F. The Labute approximate surface area is 156 Å². The van der Waals surface area contributed by atoms with Crippen LogP contribution in [0, 0.1) is 24.4 Å². The minimum absolute atomic E-state index is 0.229. The van der Waals surface area contributed by atoms with Gasteiger partial charge in [-0.3, -0.25) is 4.79 Å². The van der Waals surface area contributed by atoms with Gasteiger partial charge in [-0.2, -0.15) is 0 Å². The number of benzene rings is 1. The first-order valence-corrected chi connectivity index (χ1v) is 6.89. The summed E-state index contributed by atoms with van der Waals surface area (Å²) in [6, 6.07) is -5.13. The molecule has 0 unspecified atom stereocenters. The summed E-state index contributed by atoms with van der Waals surface area (Å²) >= 11 is 0. The zero-order valence-corrected chi connectivity index (χ0v) is 12.7. The maximum absolute atomic E-state index is 14.3. The molecule has 0 aliphatic carbocycles. The molecule has 1 aromatic heterocycles. The zero-order valence-electron chi connectivity index (χ0n) is 22.7. The fraction of sp³-hybridized carbons (Fsp3) is 0.438. The van der Waals surface area contributed by atoms with Gasteiger partial charge in [-0.1, -0.05) is 0 Å². The Balaban J connectivity index is 2.08. The van der Waals surface area contributed by atoms with Crippen LogP contribution in [0.5, 0.6) is 0 Å². The van der Waals surface area contributed by atoms with Crippen LogP contribution in [0.2, 0.25) is 0 Å². The van der Waals surface area contributed by atoms with Crippen LogP contribution in [0.25, 0.3) is 0 Å². The summed E-state index contributed by atoms with van der Waals surface area (Å²) in [5.74, 6) is -8.66. The van der Waals surface area contributed by atoms with E-state index in [4.69, 9.17) is 19.4 Å². The largest absolute Gasteiger partial charge is 0.333 e. The van der Waals surface area contributed by atoms with Gasteiger partial charge < -0.3 is 15.2 Å². The molecule has 0 bridgehead atoms. The molecule has 0 saturated carbocycles. The number of rotatable bonds is 4. The summed E-state index contributed by atoms with van der Waals surface area (Å²) < 4.78 is 123. The van der Waals surface area contributed by atoms with Crippen LogP contribution in [0.15, 0.2) is 12.1 Å². The second kappa shape index (κ2) is 6.83. The van der Waals surface area contributed by atoms with E-state index in [1.165, 1.54) is 6.92 Å². The lowest BCUT2D eigenvalue weighted by Crippen LogP contribution is -2.41. The first-order chi connectivity index (χ1) is 15.7. The average molecular weight is 363 g/mol. The quantitative estimate of drug-likeness (QED) is 0.831. The maximum atomic E-state index is 14.3. The van der Waals surface area contributed by atoms with E-state index in [0.717, 1.165) is 0 Å². The molecule has 0 spiro atoms. The Bertz CT molecular complexity index is 1190. The first-order valence-electron chi connectivity index (χ1n) is 11.9. The number of nitrogens with two attached hydrogens (primary N) is 1. The van der Waals surface area contributed by atoms with Gasteiger partial charge in [0.2, 0.25) is 5.91 Å². The molecule has 2 aromatic rings. The van der Waals surface area contributed by atoms with Crippen molar-refractivity contribution in [2.45, 2.75) is 38.8 Å². The Morgan fingerprint density at radius 2 is 2.08 bits per heavy atom. The molecule has 6 nitrogen and oxygen atoms in total. The van der Waals surface area contributed by atoms with Crippen LogP contribution in [0.3, 0.4) is 0 Å². The van der Waals surface area contributed by atoms with E-state index in [-0.39, 0.29) is 10.7 Å². The molecule has 3 rings (SSSR count). The lowest BCUT2D eigenvalue weighted by atomic mass is 10.0. The number of halogens is 3. The number of aromatic nitrogens is 3. The van der Waals surface area contributed by atoms with Crippen molar-refractivity contribution in [3.63, 3.8) is 0 Å². The fourth-order valence-electron chi connectivity index (χ4n) is 2.00. The average Bonchev–Trinajstić information content (AvgIpc) is 3.15. The first kappa shape index (κ1) is 8.79. The van der Waals surface area contributed by atoms with Crippen molar-refractivity contribution in [3.05, 3.63) is 46.7 Å². The van der Waals surface area contributed by atoms with Crippen LogP contribution in [-0.2, 0) is 24.2 Å². The number of hydrogen-bond acceptors (Lipinski definition) is 4. The Morgan fingerprint density at radius 1 is 1.36 bits per heavy atom. The van der Waals surface area contributed by atoms with Crippen molar-refractivity contribution < 1.29 is 31.7 Å². The van der Waals surface area contributed by atoms with Crippen LogP contribution in [0.4, 0.5) is 13.2 Å². The van der Waals surface area contributed by atoms with Gasteiger partial charge in [-0.25, -0.2) is 13.2 Å². The Morgan fingerprint density at radius 3 is 2.84 bits per heavy atom. The number of aryl methyl sites for hydroxylation is 1. The van der Waals surface area contributed by atoms with Gasteiger partial charge in [0.15, 0.2) is 17.5 Å². The summed E-state index contributed by atoms with van der Waals surface area (Å²) in [6.07, 6.45) is -4.60. The molecule has 0 saturated heterocycles. The molecule has 0 fully saturated rings. The van der Waals surface area contributed by atoms with Gasteiger partial charge in [0, 0.05) is 34.2 Å². The summed E-state index contributed by atoms with van der Waals surface area (Å²) in [4.78, 5) is 12.8. The summed E-state index contributed by atoms with van der Waals surface area (Å²) in [6.45, 7) is -8.76. The number of amides is 1. The van der Waals surface area contributed by atoms with Crippen molar-refractivity contribution in [1.29, 1.82) is 0 Å². The minimum atomic E-state index is -3.54. The molecule has 1 amide bonds. The third kappa shape index (κ3) is 3.65. The second-order valence-corrected chi connectivity index (χ2v) is 5.01. The van der Waals surface area contributed by atoms with E-state index in [9.17, 15) is 18.0 Å². The number of fused-ring (bicyclic) bond motifs is 1. The smallest absolute Gasteiger partial charge is 0.224 e. The number of hydrogen-bond donors (Lipinski definition) is 1. The van der Waals surface area contributed by atoms with Crippen LogP contribution in [-0.4, -0.2) is 38.1 Å². The van der Waals surface area contributed by atoms with E-state index >= 15 is 0 Å². The number of carbonyl (C=O) groups excluding carboxylic acids is 1. The van der Waals surface area contributed by atoms with E-state index in [1.54, 1.807) is 0 Å². The van der Waals surface area contributed by atoms with Crippen molar-refractivity contribution in [3.8, 4) is 0 Å². The highest BCUT2D eigenvalue weighted by molar-refractivity contribution is 5.76. The molecule has 25 heavy (non-hydrogen) atoms. The van der Waals surface area contributed by atoms with Gasteiger partial charge in [0.1, 0.15) is 11.6 Å². The molecular weight excluding hydrogens is 335 g/mol. The highest BCUT2D eigenvalue weighted by Gasteiger charge is 2.25. The van der Waals surface area contributed by atoms with Gasteiger partial charge >= 0.3 is 0 Å². The number of carbonyl (C=O) groups is 1. The number of nitrogens with zero attached hydrogens (tertiary/aromatic N) is 4. The molecular formula is C16H18F3N5O. The van der Waals surface area contributed by atoms with Gasteiger partial charge in [0.25, 0.3) is 0 Å². The van der Waals surface area contributed by atoms with Crippen molar-refractivity contribution in [2.24, 2.45) is 5.73 Å². The highest BCUT2D eigenvalue weighted by atomic mass is 19.2. The van der Waals surface area contributed by atoms with Gasteiger partial charge in [0.05, 0.1) is 17.5 Å². The van der Waals surface area contributed by atoms with E-state index < -0.39 is 85.2 Å². The molecule has 1 aromatic carbocycles. The maximum Gasteiger partial charge on any atom is 0.224 e. The van der Waals surface area contributed by atoms with E-state index in [1.807, 2.05) is 0 Å². The normalized spacial score (nSPS) is 27.6. The molecule has 1 aliphatic heterocycles. The molecule has 9 heteroatoms. The van der Waals surface area contributed by atoms with Gasteiger partial charge in [-0.15, -0.1) is 10.2 Å². The second-order valence-electron chi connectivity index (χ2n) is 5.01. The molecule has 1 atom stereocenters. The lowest BCUT2D eigenvalue weighted by molar-refractivity contribution is -0.133. The van der Waals surface area contributed by atoms with E-state index in [0.29, 0.717) is 4.57 Å². The van der Waals surface area contributed by atoms with E-state index in [2.05, 4.69) is 10.2 Å². The monoisotopic (exact) mass is 363 g/mol. The summed E-state index contributed by atoms with van der Waals surface area (Å²) in [7, 11) is 0. The Hall–Kier alpha value is -2.42. The Kier molecular flexibility index (Phi) is 2.40. The molecule has 0 radical (unpaired) electrons. The predicted molar refractivity (Wildman–Crippen MR) is 82.8 cm³/mol. The lowest BCUT2D eigenvalue weighted by Gasteiger charge is -2.28. The zero-order chi connectivity index (χ0) is 27.0. The molecule has 2 N–H and O–H groups in total. The molecule has 2 heterocycles. The minimum Gasteiger partial charge on any atom is -0.333 e. The summed E-state index contributed by atoms with van der Waals surface area (Å²) in [5, 5.41) is 6.97. The van der Waals surface area contributed by atoms with Gasteiger partial charge in [-0.05, 0) is 25.0 Å². The van der Waals surface area contributed by atoms with Crippen LogP contribution in [0.1, 0.15) is 37.3 Å². The predicted octanol–water partition coefficient (Wildman–Crippen LogP) is 1.31. The molecule has 1 aliphatic rings. The summed E-state index contributed by atoms with van der Waals surface area (Å²) in [5.41, 5.74) is 4.65. The third-order valence-electron chi connectivity index (χ3n) is 3.18.